The monoisotopic (exact) mass is 329 g/mol. The van der Waals surface area contributed by atoms with E-state index in [2.05, 4.69) is 18.3 Å². The van der Waals surface area contributed by atoms with Crippen molar-refractivity contribution in [2.45, 2.75) is 57.2 Å². The first-order valence-electron chi connectivity index (χ1n) is 9.16. The number of nitrogens with one attached hydrogen (secondary N) is 1. The van der Waals surface area contributed by atoms with Crippen molar-refractivity contribution in [3.8, 4) is 5.75 Å². The third-order valence-electron chi connectivity index (χ3n) is 5.98. The smallest absolute Gasteiger partial charge is 0.189 e. The van der Waals surface area contributed by atoms with Gasteiger partial charge < -0.3 is 20.5 Å². The molecular weight excluding hydrogens is 302 g/mol. The van der Waals surface area contributed by atoms with Gasteiger partial charge in [0.05, 0.1) is 18.8 Å². The maximum atomic E-state index is 6.25. The Kier molecular flexibility index (Phi) is 4.12. The number of rotatable bonds is 4. The predicted molar refractivity (Wildman–Crippen MR) is 94.2 cm³/mol. The fraction of sp³-hybridized carbons (Fsp3) is 0.632. The van der Waals surface area contributed by atoms with E-state index in [0.29, 0.717) is 30.1 Å². The SMILES string of the molecule is CCOC1CC(NC(N)=NC2CCOc3ccccc32)C12CCC2. The number of nitrogens with two attached hydrogens (primary N) is 1. The summed E-state index contributed by atoms with van der Waals surface area (Å²) in [6, 6.07) is 8.60. The molecule has 0 radical (unpaired) electrons. The largest absolute Gasteiger partial charge is 0.493 e. The molecule has 0 bridgehead atoms. The van der Waals surface area contributed by atoms with Crippen LogP contribution in [0.15, 0.2) is 29.3 Å². The van der Waals surface area contributed by atoms with Crippen LogP contribution in [0.1, 0.15) is 50.6 Å². The zero-order valence-electron chi connectivity index (χ0n) is 14.3. The third-order valence-corrected chi connectivity index (χ3v) is 5.98. The molecule has 3 unspecified atom stereocenters. The molecule has 3 aliphatic rings. The molecule has 2 saturated carbocycles. The number of nitrogens with zero attached hydrogens (tertiary/aromatic N) is 1. The number of aliphatic imine (C=N–C) groups is 1. The number of para-hydroxylation sites is 1. The van der Waals surface area contributed by atoms with Crippen LogP contribution in [0.2, 0.25) is 0 Å². The van der Waals surface area contributed by atoms with Crippen LogP contribution in [0, 0.1) is 5.41 Å². The van der Waals surface area contributed by atoms with Crippen LogP contribution in [0.4, 0.5) is 0 Å². The van der Waals surface area contributed by atoms with Gasteiger partial charge in [0.1, 0.15) is 5.75 Å². The van der Waals surface area contributed by atoms with Crippen LogP contribution >= 0.6 is 0 Å². The minimum atomic E-state index is 0.0857. The fourth-order valence-electron chi connectivity index (χ4n) is 4.48. The van der Waals surface area contributed by atoms with Gasteiger partial charge in [0, 0.05) is 30.0 Å². The van der Waals surface area contributed by atoms with Crippen molar-refractivity contribution >= 4 is 5.96 Å². The second-order valence-corrected chi connectivity index (χ2v) is 7.17. The first-order valence-corrected chi connectivity index (χ1v) is 9.16. The van der Waals surface area contributed by atoms with Gasteiger partial charge in [-0.05, 0) is 32.3 Å². The standard InChI is InChI=1S/C19H27N3O2/c1-2-23-17-12-16(19(17)9-5-10-19)22-18(20)21-14-8-11-24-15-7-4-3-6-13(14)15/h3-4,6-7,14,16-17H,2,5,8-12H2,1H3,(H3,20,21,22). The first kappa shape index (κ1) is 15.8. The molecule has 1 heterocycles. The number of fused-ring (bicyclic) bond motifs is 1. The molecule has 5 heteroatoms. The summed E-state index contributed by atoms with van der Waals surface area (Å²) in [6.45, 7) is 3.56. The van der Waals surface area contributed by atoms with E-state index in [4.69, 9.17) is 20.2 Å². The summed E-state index contributed by atoms with van der Waals surface area (Å²) in [7, 11) is 0. The summed E-state index contributed by atoms with van der Waals surface area (Å²) >= 11 is 0. The Morgan fingerprint density at radius 1 is 1.42 bits per heavy atom. The highest BCUT2D eigenvalue weighted by atomic mass is 16.5. The quantitative estimate of drug-likeness (QED) is 0.658. The van der Waals surface area contributed by atoms with E-state index in [0.717, 1.165) is 30.8 Å². The van der Waals surface area contributed by atoms with Gasteiger partial charge in [-0.25, -0.2) is 4.99 Å². The number of guanidine groups is 1. The Morgan fingerprint density at radius 3 is 3.00 bits per heavy atom. The summed E-state index contributed by atoms with van der Waals surface area (Å²) in [5, 5.41) is 3.48. The Morgan fingerprint density at radius 2 is 2.25 bits per heavy atom. The van der Waals surface area contributed by atoms with E-state index in [1.165, 1.54) is 19.3 Å². The van der Waals surface area contributed by atoms with E-state index in [-0.39, 0.29) is 6.04 Å². The van der Waals surface area contributed by atoms with Gasteiger partial charge in [-0.3, -0.25) is 0 Å². The predicted octanol–water partition coefficient (Wildman–Crippen LogP) is 2.76. The lowest BCUT2D eigenvalue weighted by Crippen LogP contribution is -2.68. The van der Waals surface area contributed by atoms with Crippen molar-refractivity contribution in [2.75, 3.05) is 13.2 Å². The van der Waals surface area contributed by atoms with Crippen molar-refractivity contribution in [2.24, 2.45) is 16.1 Å². The lowest BCUT2D eigenvalue weighted by Gasteiger charge is -2.61. The molecule has 2 aliphatic carbocycles. The highest BCUT2D eigenvalue weighted by Gasteiger charge is 2.59. The zero-order chi connectivity index (χ0) is 16.6. The molecule has 0 saturated heterocycles. The number of ether oxygens (including phenoxy) is 2. The Hall–Kier alpha value is -1.75. The average Bonchev–Trinajstić information content (AvgIpc) is 2.52. The molecule has 2 fully saturated rings. The molecule has 24 heavy (non-hydrogen) atoms. The van der Waals surface area contributed by atoms with Crippen molar-refractivity contribution in [1.29, 1.82) is 0 Å². The fourth-order valence-corrected chi connectivity index (χ4v) is 4.48. The normalized spacial score (nSPS) is 30.7. The Balaban J connectivity index is 1.44. The number of hydrogen-bond acceptors (Lipinski definition) is 3. The molecule has 1 spiro atoms. The molecule has 1 aliphatic heterocycles. The van der Waals surface area contributed by atoms with Gasteiger partial charge in [-0.15, -0.1) is 0 Å². The molecule has 3 N–H and O–H groups in total. The van der Waals surface area contributed by atoms with E-state index in [9.17, 15) is 0 Å². The Bertz CT molecular complexity index is 627. The molecule has 130 valence electrons. The molecule has 3 atom stereocenters. The molecule has 5 nitrogen and oxygen atoms in total. The van der Waals surface area contributed by atoms with Crippen LogP contribution in [0.25, 0.3) is 0 Å². The molecule has 4 rings (SSSR count). The minimum Gasteiger partial charge on any atom is -0.493 e. The van der Waals surface area contributed by atoms with E-state index in [1.807, 2.05) is 18.2 Å². The minimum absolute atomic E-state index is 0.0857. The molecular formula is C19H27N3O2. The van der Waals surface area contributed by atoms with Crippen LogP contribution in [0.5, 0.6) is 5.75 Å². The summed E-state index contributed by atoms with van der Waals surface area (Å²) in [6.07, 6.45) is 6.08. The van der Waals surface area contributed by atoms with Gasteiger partial charge in [0.2, 0.25) is 0 Å². The van der Waals surface area contributed by atoms with E-state index in [1.54, 1.807) is 0 Å². The molecule has 0 aromatic heterocycles. The summed E-state index contributed by atoms with van der Waals surface area (Å²) < 4.78 is 11.6. The van der Waals surface area contributed by atoms with E-state index < -0.39 is 0 Å². The van der Waals surface area contributed by atoms with E-state index >= 15 is 0 Å². The number of benzene rings is 1. The molecule has 0 amide bonds. The lowest BCUT2D eigenvalue weighted by molar-refractivity contribution is -0.168. The summed E-state index contributed by atoms with van der Waals surface area (Å²) in [5.41, 5.74) is 7.68. The van der Waals surface area contributed by atoms with Crippen LogP contribution in [0.3, 0.4) is 0 Å². The summed E-state index contributed by atoms with van der Waals surface area (Å²) in [5.74, 6) is 1.49. The molecule has 1 aromatic rings. The second-order valence-electron chi connectivity index (χ2n) is 7.17. The van der Waals surface area contributed by atoms with Crippen molar-refractivity contribution in [1.82, 2.24) is 5.32 Å². The van der Waals surface area contributed by atoms with Gasteiger partial charge >= 0.3 is 0 Å². The van der Waals surface area contributed by atoms with Gasteiger partial charge in [0.15, 0.2) is 5.96 Å². The topological polar surface area (TPSA) is 68.9 Å². The van der Waals surface area contributed by atoms with Crippen LogP contribution in [-0.4, -0.2) is 31.3 Å². The maximum absolute atomic E-state index is 6.25. The lowest BCUT2D eigenvalue weighted by atomic mass is 9.51. The zero-order valence-corrected chi connectivity index (χ0v) is 14.3. The second kappa shape index (κ2) is 6.28. The number of hydrogen-bond donors (Lipinski definition) is 2. The summed E-state index contributed by atoms with van der Waals surface area (Å²) in [4.78, 5) is 4.76. The van der Waals surface area contributed by atoms with Crippen LogP contribution < -0.4 is 15.8 Å². The van der Waals surface area contributed by atoms with Crippen molar-refractivity contribution in [3.63, 3.8) is 0 Å². The Labute approximate surface area is 143 Å². The highest BCUT2D eigenvalue weighted by Crippen LogP contribution is 2.57. The van der Waals surface area contributed by atoms with Crippen molar-refractivity contribution < 1.29 is 9.47 Å². The average molecular weight is 329 g/mol. The van der Waals surface area contributed by atoms with Crippen LogP contribution in [-0.2, 0) is 4.74 Å². The molecule has 1 aromatic carbocycles. The highest BCUT2D eigenvalue weighted by molar-refractivity contribution is 5.79. The van der Waals surface area contributed by atoms with Gasteiger partial charge in [-0.2, -0.15) is 0 Å². The third kappa shape index (κ3) is 2.55. The first-order chi connectivity index (χ1) is 11.7. The van der Waals surface area contributed by atoms with Crippen molar-refractivity contribution in [3.05, 3.63) is 29.8 Å². The van der Waals surface area contributed by atoms with Gasteiger partial charge in [-0.1, -0.05) is 24.6 Å². The maximum Gasteiger partial charge on any atom is 0.189 e. The van der Waals surface area contributed by atoms with Gasteiger partial charge in [0.25, 0.3) is 0 Å².